The minimum atomic E-state index is -4.55. The first kappa shape index (κ1) is 21.3. The average molecular weight is 411 g/mol. The van der Waals surface area contributed by atoms with Gasteiger partial charge in [0, 0.05) is 24.7 Å². The molecule has 2 unspecified atom stereocenters. The number of hydrogen-bond acceptors (Lipinski definition) is 7. The molecule has 2 heterocycles. The van der Waals surface area contributed by atoms with Crippen LogP contribution in [0.5, 0.6) is 5.75 Å². The average Bonchev–Trinajstić information content (AvgIpc) is 2.61. The minimum absolute atomic E-state index is 0.0491. The van der Waals surface area contributed by atoms with Crippen LogP contribution in [0.15, 0.2) is 12.1 Å². The highest BCUT2D eigenvalue weighted by Crippen LogP contribution is 2.39. The number of rotatable bonds is 4. The maximum atomic E-state index is 12.9. The van der Waals surface area contributed by atoms with Crippen molar-refractivity contribution in [3.63, 3.8) is 0 Å². The Morgan fingerprint density at radius 3 is 2.52 bits per heavy atom. The summed E-state index contributed by atoms with van der Waals surface area (Å²) in [6, 6.07) is 1.59. The van der Waals surface area contributed by atoms with E-state index in [1.165, 1.54) is 6.92 Å². The van der Waals surface area contributed by atoms with Gasteiger partial charge in [0.05, 0.1) is 17.4 Å². The monoisotopic (exact) mass is 411 g/mol. The number of likely N-dealkylation sites (tertiary alicyclic amines) is 1. The fourth-order valence-electron chi connectivity index (χ4n) is 3.64. The first-order valence-corrected chi connectivity index (χ1v) is 9.38. The Hall–Kier alpha value is -2.46. The Bertz CT molecular complexity index is 868. The van der Waals surface area contributed by atoms with Crippen LogP contribution in [-0.2, 0) is 6.18 Å². The van der Waals surface area contributed by atoms with Crippen molar-refractivity contribution in [2.45, 2.75) is 45.5 Å². The summed E-state index contributed by atoms with van der Waals surface area (Å²) in [6.07, 6.45) is -4.44. The van der Waals surface area contributed by atoms with Crippen molar-refractivity contribution < 1.29 is 23.4 Å². The van der Waals surface area contributed by atoms with Crippen LogP contribution in [0.2, 0.25) is 0 Å². The number of aliphatic hydroxyl groups excluding tert-OH is 1. The van der Waals surface area contributed by atoms with Gasteiger partial charge in [-0.15, -0.1) is 10.2 Å². The molecule has 10 heteroatoms. The lowest BCUT2D eigenvalue weighted by atomic mass is 9.99. The number of hydrogen-bond donors (Lipinski definition) is 3. The Kier molecular flexibility index (Phi) is 5.95. The molecule has 1 fully saturated rings. The first-order valence-electron chi connectivity index (χ1n) is 9.38. The highest BCUT2D eigenvalue weighted by Gasteiger charge is 2.32. The number of anilines is 1. The third kappa shape index (κ3) is 4.76. The number of aliphatic hydroxyl groups is 1. The molecule has 2 atom stereocenters. The van der Waals surface area contributed by atoms with E-state index in [0.29, 0.717) is 24.7 Å². The second-order valence-electron chi connectivity index (χ2n) is 7.34. The SMILES string of the molecule is CCN1CC(O)CC(Nc2nnc(-c3c(C)cc(C(F)(F)F)cc3O)c(C)n2)C1. The highest BCUT2D eigenvalue weighted by atomic mass is 19.4. The number of β-amino-alcohol motifs (C(OH)–C–C–N with tert-alkyl or cyclic N) is 1. The zero-order chi connectivity index (χ0) is 21.3. The lowest BCUT2D eigenvalue weighted by Crippen LogP contribution is -2.48. The van der Waals surface area contributed by atoms with Gasteiger partial charge in [-0.1, -0.05) is 6.92 Å². The molecule has 29 heavy (non-hydrogen) atoms. The highest BCUT2D eigenvalue weighted by molar-refractivity contribution is 5.72. The van der Waals surface area contributed by atoms with Crippen LogP contribution in [0.4, 0.5) is 19.1 Å². The van der Waals surface area contributed by atoms with Crippen molar-refractivity contribution in [3.8, 4) is 17.0 Å². The van der Waals surface area contributed by atoms with Crippen LogP contribution in [-0.4, -0.2) is 62.1 Å². The summed E-state index contributed by atoms with van der Waals surface area (Å²) < 4.78 is 38.8. The number of benzene rings is 1. The number of halogens is 3. The summed E-state index contributed by atoms with van der Waals surface area (Å²) in [6.45, 7) is 7.32. The van der Waals surface area contributed by atoms with E-state index in [9.17, 15) is 23.4 Å². The molecule has 1 aromatic carbocycles. The van der Waals surface area contributed by atoms with Gasteiger partial charge < -0.3 is 15.5 Å². The molecule has 1 saturated heterocycles. The summed E-state index contributed by atoms with van der Waals surface area (Å²) in [5, 5.41) is 31.5. The van der Waals surface area contributed by atoms with Crippen molar-refractivity contribution in [2.75, 3.05) is 25.0 Å². The van der Waals surface area contributed by atoms with E-state index in [0.717, 1.165) is 19.2 Å². The predicted molar refractivity (Wildman–Crippen MR) is 102 cm³/mol. The van der Waals surface area contributed by atoms with E-state index < -0.39 is 23.6 Å². The van der Waals surface area contributed by atoms with E-state index in [1.807, 2.05) is 6.92 Å². The fourth-order valence-corrected chi connectivity index (χ4v) is 3.64. The number of aryl methyl sites for hydroxylation is 2. The van der Waals surface area contributed by atoms with Gasteiger partial charge in [0.1, 0.15) is 11.4 Å². The van der Waals surface area contributed by atoms with E-state index in [-0.39, 0.29) is 28.8 Å². The molecule has 1 aliphatic heterocycles. The summed E-state index contributed by atoms with van der Waals surface area (Å²) in [5.41, 5.74) is 0.116. The summed E-state index contributed by atoms with van der Waals surface area (Å²) in [4.78, 5) is 6.47. The van der Waals surface area contributed by atoms with Gasteiger partial charge in [-0.2, -0.15) is 13.2 Å². The number of nitrogens with one attached hydrogen (secondary N) is 1. The zero-order valence-electron chi connectivity index (χ0n) is 16.5. The molecule has 0 amide bonds. The summed E-state index contributed by atoms with van der Waals surface area (Å²) >= 11 is 0. The molecule has 0 aliphatic carbocycles. The zero-order valence-corrected chi connectivity index (χ0v) is 16.5. The van der Waals surface area contributed by atoms with Gasteiger partial charge in [-0.3, -0.25) is 4.90 Å². The molecule has 0 spiro atoms. The Morgan fingerprint density at radius 2 is 1.93 bits per heavy atom. The molecule has 158 valence electrons. The molecular formula is C19H24F3N5O2. The van der Waals surface area contributed by atoms with Crippen molar-refractivity contribution >= 4 is 5.95 Å². The molecule has 0 radical (unpaired) electrons. The predicted octanol–water partition coefficient (Wildman–Crippen LogP) is 2.75. The quantitative estimate of drug-likeness (QED) is 0.712. The molecule has 3 N–H and O–H groups in total. The lowest BCUT2D eigenvalue weighted by Gasteiger charge is -2.35. The van der Waals surface area contributed by atoms with Crippen molar-refractivity contribution in [1.29, 1.82) is 0 Å². The van der Waals surface area contributed by atoms with Crippen molar-refractivity contribution in [2.24, 2.45) is 0 Å². The Labute approximate surface area is 166 Å². The minimum Gasteiger partial charge on any atom is -0.507 e. The van der Waals surface area contributed by atoms with Gasteiger partial charge in [-0.05, 0) is 44.5 Å². The molecule has 0 saturated carbocycles. The van der Waals surface area contributed by atoms with Crippen LogP contribution in [0, 0.1) is 13.8 Å². The fraction of sp³-hybridized carbons (Fsp3) is 0.526. The van der Waals surface area contributed by atoms with Crippen LogP contribution >= 0.6 is 0 Å². The van der Waals surface area contributed by atoms with Crippen LogP contribution in [0.3, 0.4) is 0 Å². The Morgan fingerprint density at radius 1 is 1.21 bits per heavy atom. The normalized spacial score (nSPS) is 20.7. The first-order chi connectivity index (χ1) is 13.6. The molecule has 2 aromatic rings. The number of likely N-dealkylation sites (N-methyl/N-ethyl adjacent to an activating group) is 1. The van der Waals surface area contributed by atoms with Gasteiger partial charge in [0.2, 0.25) is 5.95 Å². The smallest absolute Gasteiger partial charge is 0.416 e. The third-order valence-corrected chi connectivity index (χ3v) is 5.02. The number of phenols is 1. The largest absolute Gasteiger partial charge is 0.507 e. The third-order valence-electron chi connectivity index (χ3n) is 5.02. The van der Waals surface area contributed by atoms with Gasteiger partial charge >= 0.3 is 6.18 Å². The van der Waals surface area contributed by atoms with E-state index in [1.54, 1.807) is 6.92 Å². The second-order valence-corrected chi connectivity index (χ2v) is 7.34. The van der Waals surface area contributed by atoms with Crippen molar-refractivity contribution in [1.82, 2.24) is 20.1 Å². The van der Waals surface area contributed by atoms with Crippen LogP contribution in [0.1, 0.15) is 30.2 Å². The summed E-state index contributed by atoms with van der Waals surface area (Å²) in [7, 11) is 0. The van der Waals surface area contributed by atoms with E-state index in [2.05, 4.69) is 25.4 Å². The number of aromatic hydroxyl groups is 1. The van der Waals surface area contributed by atoms with Gasteiger partial charge in [0.25, 0.3) is 0 Å². The number of piperidine rings is 1. The van der Waals surface area contributed by atoms with Gasteiger partial charge in [0.15, 0.2) is 0 Å². The molecular weight excluding hydrogens is 387 g/mol. The lowest BCUT2D eigenvalue weighted by molar-refractivity contribution is -0.137. The molecule has 0 bridgehead atoms. The molecule has 1 aromatic heterocycles. The Balaban J connectivity index is 1.85. The second kappa shape index (κ2) is 8.11. The number of alkyl halides is 3. The summed E-state index contributed by atoms with van der Waals surface area (Å²) in [5.74, 6) is -0.253. The van der Waals surface area contributed by atoms with Crippen LogP contribution in [0.25, 0.3) is 11.3 Å². The van der Waals surface area contributed by atoms with Crippen molar-refractivity contribution in [3.05, 3.63) is 29.0 Å². The maximum absolute atomic E-state index is 12.9. The number of phenolic OH excluding ortho intramolecular Hbond substituents is 1. The van der Waals surface area contributed by atoms with Gasteiger partial charge in [-0.25, -0.2) is 4.98 Å². The maximum Gasteiger partial charge on any atom is 0.416 e. The van der Waals surface area contributed by atoms with E-state index >= 15 is 0 Å². The molecule has 7 nitrogen and oxygen atoms in total. The molecule has 3 rings (SSSR count). The van der Waals surface area contributed by atoms with E-state index in [4.69, 9.17) is 0 Å². The number of nitrogens with zero attached hydrogens (tertiary/aromatic N) is 4. The standard InChI is InChI=1S/C19H24F3N5O2/c1-4-27-8-13(7-14(28)9-27)24-18-23-11(3)17(25-26-18)16-10(2)5-12(6-15(16)29)19(20,21)22/h5-6,13-14,28-29H,4,7-9H2,1-3H3,(H,23,24,26). The topological polar surface area (TPSA) is 94.4 Å². The molecule has 1 aliphatic rings. The number of aromatic nitrogens is 3. The van der Waals surface area contributed by atoms with Crippen LogP contribution < -0.4 is 5.32 Å².